The van der Waals surface area contributed by atoms with E-state index in [4.69, 9.17) is 0 Å². The lowest BCUT2D eigenvalue weighted by atomic mass is 9.48. The topological polar surface area (TPSA) is 0 Å². The molecule has 3 unspecified atom stereocenters. The van der Waals surface area contributed by atoms with Crippen molar-refractivity contribution in [2.45, 2.75) is 65.2 Å². The van der Waals surface area contributed by atoms with Crippen molar-refractivity contribution in [1.82, 2.24) is 0 Å². The van der Waals surface area contributed by atoms with Crippen LogP contribution in [0.1, 0.15) is 65.2 Å². The first-order valence-corrected chi connectivity index (χ1v) is 8.01. The fourth-order valence-electron chi connectivity index (χ4n) is 5.09. The van der Waals surface area contributed by atoms with Gasteiger partial charge in [-0.2, -0.15) is 0 Å². The summed E-state index contributed by atoms with van der Waals surface area (Å²) in [6.45, 7) is 5.21. The third-order valence-electron chi connectivity index (χ3n) is 6.55. The van der Waals surface area contributed by atoms with Crippen LogP contribution in [0.3, 0.4) is 0 Å². The maximum Gasteiger partial charge on any atom is -0.0108 e. The zero-order chi connectivity index (χ0) is 12.6. The van der Waals surface area contributed by atoms with Gasteiger partial charge in [-0.1, -0.05) is 63.8 Å². The number of allylic oxidation sites excluding steroid dienone is 4. The first kappa shape index (κ1) is 12.5. The van der Waals surface area contributed by atoms with Crippen LogP contribution in [0.25, 0.3) is 0 Å². The Morgan fingerprint density at radius 3 is 2.33 bits per heavy atom. The molecule has 0 aromatic carbocycles. The number of rotatable bonds is 1. The molecule has 0 aliphatic heterocycles. The molecule has 3 rings (SSSR count). The van der Waals surface area contributed by atoms with Crippen molar-refractivity contribution in [2.24, 2.45) is 22.7 Å². The Hall–Kier alpha value is -0.520. The first-order chi connectivity index (χ1) is 8.66. The lowest BCUT2D eigenvalue weighted by Crippen LogP contribution is -2.48. The molecule has 0 N–H and O–H groups in total. The summed E-state index contributed by atoms with van der Waals surface area (Å²) in [4.78, 5) is 0. The van der Waals surface area contributed by atoms with Crippen LogP contribution in [0.2, 0.25) is 0 Å². The molecule has 0 heteroatoms. The minimum atomic E-state index is 0.539. The predicted molar refractivity (Wildman–Crippen MR) is 78.4 cm³/mol. The fraction of sp³-hybridized carbons (Fsp3) is 0.778. The molecule has 0 bridgehead atoms. The average molecular weight is 244 g/mol. The summed E-state index contributed by atoms with van der Waals surface area (Å²) in [7, 11) is 0. The van der Waals surface area contributed by atoms with Crippen molar-refractivity contribution in [1.29, 1.82) is 0 Å². The van der Waals surface area contributed by atoms with E-state index < -0.39 is 0 Å². The molecule has 0 spiro atoms. The standard InChI is InChI=1S/C18H28/c1-17(12-6-3-7-13-17)18(2)14-8-10-15-9-4-5-11-16(15)18/h4-5,9,11,15-16H,3,6-8,10,12-14H2,1-2H3. The third-order valence-corrected chi connectivity index (χ3v) is 6.55. The Balaban J connectivity index is 1.91. The van der Waals surface area contributed by atoms with Crippen molar-refractivity contribution in [3.63, 3.8) is 0 Å². The normalized spacial score (nSPS) is 42.6. The van der Waals surface area contributed by atoms with Crippen LogP contribution in [0, 0.1) is 22.7 Å². The van der Waals surface area contributed by atoms with Crippen molar-refractivity contribution in [3.05, 3.63) is 24.3 Å². The Morgan fingerprint density at radius 1 is 0.833 bits per heavy atom. The molecule has 3 atom stereocenters. The van der Waals surface area contributed by atoms with E-state index in [0.29, 0.717) is 10.8 Å². The fourth-order valence-corrected chi connectivity index (χ4v) is 5.09. The molecule has 0 radical (unpaired) electrons. The van der Waals surface area contributed by atoms with Gasteiger partial charge in [0.15, 0.2) is 0 Å². The molecule has 100 valence electrons. The van der Waals surface area contributed by atoms with Crippen molar-refractivity contribution < 1.29 is 0 Å². The smallest absolute Gasteiger partial charge is 0.0108 e. The van der Waals surface area contributed by atoms with Crippen LogP contribution < -0.4 is 0 Å². The third kappa shape index (κ3) is 1.80. The molecule has 0 heterocycles. The van der Waals surface area contributed by atoms with Gasteiger partial charge >= 0.3 is 0 Å². The molecular weight excluding hydrogens is 216 g/mol. The minimum Gasteiger partial charge on any atom is -0.0808 e. The van der Waals surface area contributed by atoms with Crippen LogP contribution in [-0.4, -0.2) is 0 Å². The molecule has 18 heavy (non-hydrogen) atoms. The van der Waals surface area contributed by atoms with Crippen LogP contribution in [0.15, 0.2) is 24.3 Å². The van der Waals surface area contributed by atoms with E-state index in [9.17, 15) is 0 Å². The van der Waals surface area contributed by atoms with Gasteiger partial charge in [0.2, 0.25) is 0 Å². The quantitative estimate of drug-likeness (QED) is 0.571. The van der Waals surface area contributed by atoms with Gasteiger partial charge in [-0.15, -0.1) is 0 Å². The summed E-state index contributed by atoms with van der Waals surface area (Å²) < 4.78 is 0. The first-order valence-electron chi connectivity index (χ1n) is 8.01. The highest BCUT2D eigenvalue weighted by molar-refractivity contribution is 5.20. The highest BCUT2D eigenvalue weighted by atomic mass is 14.6. The van der Waals surface area contributed by atoms with Crippen LogP contribution in [-0.2, 0) is 0 Å². The zero-order valence-electron chi connectivity index (χ0n) is 12.1. The lowest BCUT2D eigenvalue weighted by Gasteiger charge is -2.57. The van der Waals surface area contributed by atoms with Crippen molar-refractivity contribution in [3.8, 4) is 0 Å². The van der Waals surface area contributed by atoms with E-state index in [1.807, 2.05) is 0 Å². The largest absolute Gasteiger partial charge is 0.0808 e. The van der Waals surface area contributed by atoms with E-state index in [1.54, 1.807) is 0 Å². The SMILES string of the molecule is CC1(C2(C)CCCC3C=CC=CC32)CCCCC1. The summed E-state index contributed by atoms with van der Waals surface area (Å²) >= 11 is 0. The van der Waals surface area contributed by atoms with Gasteiger partial charge in [-0.05, 0) is 48.3 Å². The monoisotopic (exact) mass is 244 g/mol. The minimum absolute atomic E-state index is 0.539. The zero-order valence-corrected chi connectivity index (χ0v) is 12.1. The predicted octanol–water partition coefficient (Wildman–Crippen LogP) is 5.51. The Morgan fingerprint density at radius 2 is 1.56 bits per heavy atom. The van der Waals surface area contributed by atoms with Gasteiger partial charge in [0.1, 0.15) is 0 Å². The second-order valence-corrected chi connectivity index (χ2v) is 7.39. The van der Waals surface area contributed by atoms with Crippen LogP contribution >= 0.6 is 0 Å². The van der Waals surface area contributed by atoms with Crippen LogP contribution in [0.5, 0.6) is 0 Å². The highest BCUT2D eigenvalue weighted by Gasteiger charge is 2.51. The molecule has 0 amide bonds. The molecular formula is C18H28. The van der Waals surface area contributed by atoms with E-state index in [2.05, 4.69) is 38.2 Å². The summed E-state index contributed by atoms with van der Waals surface area (Å²) in [5.74, 6) is 1.63. The highest BCUT2D eigenvalue weighted by Crippen LogP contribution is 2.60. The van der Waals surface area contributed by atoms with E-state index in [0.717, 1.165) is 11.8 Å². The van der Waals surface area contributed by atoms with Crippen LogP contribution in [0.4, 0.5) is 0 Å². The van der Waals surface area contributed by atoms with Gasteiger partial charge < -0.3 is 0 Å². The van der Waals surface area contributed by atoms with Gasteiger partial charge in [-0.3, -0.25) is 0 Å². The van der Waals surface area contributed by atoms with E-state index >= 15 is 0 Å². The number of fused-ring (bicyclic) bond motifs is 1. The Bertz CT molecular complexity index is 356. The maximum atomic E-state index is 2.61. The molecule has 2 saturated carbocycles. The lowest BCUT2D eigenvalue weighted by molar-refractivity contribution is -0.0492. The van der Waals surface area contributed by atoms with Crippen molar-refractivity contribution >= 4 is 0 Å². The van der Waals surface area contributed by atoms with E-state index in [-0.39, 0.29) is 0 Å². The Labute approximate surface area is 113 Å². The molecule has 0 aromatic rings. The van der Waals surface area contributed by atoms with Gasteiger partial charge in [-0.25, -0.2) is 0 Å². The average Bonchev–Trinajstić information content (AvgIpc) is 2.40. The molecule has 0 nitrogen and oxygen atoms in total. The maximum absolute atomic E-state index is 2.61. The second kappa shape index (κ2) is 4.54. The summed E-state index contributed by atoms with van der Waals surface area (Å²) in [5, 5.41) is 0. The molecule has 0 saturated heterocycles. The van der Waals surface area contributed by atoms with Gasteiger partial charge in [0.05, 0.1) is 0 Å². The molecule has 2 fully saturated rings. The van der Waals surface area contributed by atoms with E-state index in [1.165, 1.54) is 51.4 Å². The molecule has 0 aromatic heterocycles. The van der Waals surface area contributed by atoms with Gasteiger partial charge in [0, 0.05) is 0 Å². The summed E-state index contributed by atoms with van der Waals surface area (Å²) in [6.07, 6.45) is 21.2. The summed E-state index contributed by atoms with van der Waals surface area (Å²) in [5.41, 5.74) is 1.13. The summed E-state index contributed by atoms with van der Waals surface area (Å²) in [6, 6.07) is 0. The molecule has 3 aliphatic carbocycles. The second-order valence-electron chi connectivity index (χ2n) is 7.39. The van der Waals surface area contributed by atoms with Crippen molar-refractivity contribution in [2.75, 3.05) is 0 Å². The number of hydrogen-bond acceptors (Lipinski definition) is 0. The van der Waals surface area contributed by atoms with Gasteiger partial charge in [0.25, 0.3) is 0 Å². The Kier molecular flexibility index (Phi) is 3.16. The molecule has 3 aliphatic rings. The number of hydrogen-bond donors (Lipinski definition) is 0.